The lowest BCUT2D eigenvalue weighted by atomic mass is 10.1. The van der Waals surface area contributed by atoms with E-state index < -0.39 is 0 Å². The van der Waals surface area contributed by atoms with Crippen LogP contribution in [0.2, 0.25) is 0 Å². The molecule has 7 nitrogen and oxygen atoms in total. The molecule has 1 aliphatic heterocycles. The molecule has 0 unspecified atom stereocenters. The van der Waals surface area contributed by atoms with Crippen LogP contribution in [0.4, 0.5) is 0 Å². The van der Waals surface area contributed by atoms with Crippen LogP contribution in [0.15, 0.2) is 35.5 Å². The average molecular weight is 365 g/mol. The number of aryl methyl sites for hydroxylation is 2. The van der Waals surface area contributed by atoms with Gasteiger partial charge < -0.3 is 4.90 Å². The molecule has 0 aliphatic carbocycles. The Morgan fingerprint density at radius 1 is 1.07 bits per heavy atom. The minimum atomic E-state index is -0.235. The van der Waals surface area contributed by atoms with E-state index in [1.165, 1.54) is 17.1 Å². The van der Waals surface area contributed by atoms with E-state index in [9.17, 15) is 9.59 Å². The fourth-order valence-electron chi connectivity index (χ4n) is 3.71. The van der Waals surface area contributed by atoms with Gasteiger partial charge in [0.2, 0.25) is 5.91 Å². The molecule has 1 amide bonds. The van der Waals surface area contributed by atoms with Gasteiger partial charge in [-0.2, -0.15) is 5.10 Å². The molecule has 0 radical (unpaired) electrons. The summed E-state index contributed by atoms with van der Waals surface area (Å²) >= 11 is 0. The number of benzene rings is 1. The van der Waals surface area contributed by atoms with Crippen LogP contribution in [0.25, 0.3) is 16.7 Å². The molecule has 3 aromatic rings. The van der Waals surface area contributed by atoms with Crippen molar-refractivity contribution in [3.8, 4) is 5.69 Å². The fourth-order valence-corrected chi connectivity index (χ4v) is 3.71. The molecule has 1 saturated heterocycles. The van der Waals surface area contributed by atoms with Crippen LogP contribution in [-0.2, 0) is 11.3 Å². The second-order valence-electron chi connectivity index (χ2n) is 7.26. The Hall–Kier alpha value is -2.96. The van der Waals surface area contributed by atoms with Crippen molar-refractivity contribution < 1.29 is 4.79 Å². The van der Waals surface area contributed by atoms with Crippen LogP contribution < -0.4 is 5.56 Å². The van der Waals surface area contributed by atoms with Gasteiger partial charge in [0.05, 0.1) is 11.9 Å². The quantitative estimate of drug-likeness (QED) is 0.713. The van der Waals surface area contributed by atoms with Crippen LogP contribution in [-0.4, -0.2) is 43.2 Å². The Morgan fingerprint density at radius 2 is 1.78 bits per heavy atom. The van der Waals surface area contributed by atoms with Crippen molar-refractivity contribution in [3.63, 3.8) is 0 Å². The first-order valence-corrected chi connectivity index (χ1v) is 9.32. The topological polar surface area (TPSA) is 73.0 Å². The zero-order valence-electron chi connectivity index (χ0n) is 15.7. The maximum Gasteiger partial charge on any atom is 0.264 e. The Kier molecular flexibility index (Phi) is 4.51. The highest BCUT2D eigenvalue weighted by Crippen LogP contribution is 2.17. The molecule has 1 aliphatic rings. The molecule has 0 bridgehead atoms. The average Bonchev–Trinajstić information content (AvgIpc) is 3.09. The van der Waals surface area contributed by atoms with Crippen LogP contribution in [0.5, 0.6) is 0 Å². The molecule has 0 atom stereocenters. The predicted molar refractivity (Wildman–Crippen MR) is 103 cm³/mol. The third kappa shape index (κ3) is 3.37. The standard InChI is InChI=1S/C20H23N5O2/c1-14-8-15(2)10-16(9-14)25-19-17(11-22-25)20(27)24(13-21-19)12-18(26)23-6-4-3-5-7-23/h8-11,13H,3-7,12H2,1-2H3. The highest BCUT2D eigenvalue weighted by atomic mass is 16.2. The molecule has 2 aromatic heterocycles. The number of hydrogen-bond donors (Lipinski definition) is 0. The Balaban J connectivity index is 1.67. The summed E-state index contributed by atoms with van der Waals surface area (Å²) < 4.78 is 3.06. The number of hydrogen-bond acceptors (Lipinski definition) is 4. The van der Waals surface area contributed by atoms with Gasteiger partial charge in [0.1, 0.15) is 18.3 Å². The van der Waals surface area contributed by atoms with Crippen molar-refractivity contribution in [2.45, 2.75) is 39.7 Å². The monoisotopic (exact) mass is 365 g/mol. The predicted octanol–water partition coefficient (Wildman–Crippen LogP) is 2.21. The summed E-state index contributed by atoms with van der Waals surface area (Å²) in [6, 6.07) is 6.10. The van der Waals surface area contributed by atoms with E-state index in [0.717, 1.165) is 49.2 Å². The Labute approximate surface area is 157 Å². The summed E-state index contributed by atoms with van der Waals surface area (Å²) in [6.45, 7) is 5.61. The summed E-state index contributed by atoms with van der Waals surface area (Å²) in [5.74, 6) is -0.0281. The van der Waals surface area contributed by atoms with E-state index in [0.29, 0.717) is 11.0 Å². The second kappa shape index (κ2) is 6.98. The van der Waals surface area contributed by atoms with Gasteiger partial charge in [-0.3, -0.25) is 14.2 Å². The Morgan fingerprint density at radius 3 is 2.48 bits per heavy atom. The second-order valence-corrected chi connectivity index (χ2v) is 7.26. The molecular formula is C20H23N5O2. The van der Waals surface area contributed by atoms with Gasteiger partial charge in [-0.25, -0.2) is 9.67 Å². The SMILES string of the molecule is Cc1cc(C)cc(-n2ncc3c(=O)n(CC(=O)N4CCCCC4)cnc32)c1. The third-order valence-electron chi connectivity index (χ3n) is 5.02. The molecule has 0 N–H and O–H groups in total. The highest BCUT2D eigenvalue weighted by molar-refractivity contribution is 5.78. The van der Waals surface area contributed by atoms with Gasteiger partial charge in [-0.05, 0) is 56.4 Å². The Bertz CT molecular complexity index is 1040. The number of piperidine rings is 1. The van der Waals surface area contributed by atoms with Crippen molar-refractivity contribution in [1.82, 2.24) is 24.2 Å². The van der Waals surface area contributed by atoms with E-state index in [1.807, 2.05) is 30.9 Å². The molecule has 140 valence electrons. The minimum absolute atomic E-state index is 0.0243. The lowest BCUT2D eigenvalue weighted by Gasteiger charge is -2.26. The molecule has 7 heteroatoms. The lowest BCUT2D eigenvalue weighted by Crippen LogP contribution is -2.39. The number of carbonyl (C=O) groups excluding carboxylic acids is 1. The molecule has 0 spiro atoms. The largest absolute Gasteiger partial charge is 0.341 e. The molecular weight excluding hydrogens is 342 g/mol. The lowest BCUT2D eigenvalue weighted by molar-refractivity contribution is -0.132. The van der Waals surface area contributed by atoms with Gasteiger partial charge in [0.15, 0.2) is 5.65 Å². The highest BCUT2D eigenvalue weighted by Gasteiger charge is 2.19. The maximum atomic E-state index is 12.8. The van der Waals surface area contributed by atoms with Gasteiger partial charge in [0, 0.05) is 13.1 Å². The third-order valence-corrected chi connectivity index (χ3v) is 5.02. The van der Waals surface area contributed by atoms with Crippen molar-refractivity contribution in [2.75, 3.05) is 13.1 Å². The maximum absolute atomic E-state index is 12.8. The molecule has 1 fully saturated rings. The molecule has 3 heterocycles. The zero-order chi connectivity index (χ0) is 19.0. The summed E-state index contributed by atoms with van der Waals surface area (Å²) in [5, 5.41) is 4.78. The number of amides is 1. The van der Waals surface area contributed by atoms with Crippen molar-refractivity contribution >= 4 is 16.9 Å². The van der Waals surface area contributed by atoms with Crippen molar-refractivity contribution in [3.05, 3.63) is 52.2 Å². The summed E-state index contributed by atoms with van der Waals surface area (Å²) in [4.78, 5) is 31.6. The van der Waals surface area contributed by atoms with Crippen molar-refractivity contribution in [2.24, 2.45) is 0 Å². The summed E-state index contributed by atoms with van der Waals surface area (Å²) in [5.41, 5.74) is 3.38. The fraction of sp³-hybridized carbons (Fsp3) is 0.400. The first-order valence-electron chi connectivity index (χ1n) is 9.32. The normalized spacial score (nSPS) is 14.7. The number of likely N-dealkylation sites (tertiary alicyclic amines) is 1. The van der Waals surface area contributed by atoms with Crippen molar-refractivity contribution in [1.29, 1.82) is 0 Å². The van der Waals surface area contributed by atoms with Gasteiger partial charge in [-0.1, -0.05) is 6.07 Å². The first-order chi connectivity index (χ1) is 13.0. The van der Waals surface area contributed by atoms with E-state index in [1.54, 1.807) is 4.68 Å². The van der Waals surface area contributed by atoms with Crippen LogP contribution >= 0.6 is 0 Å². The molecule has 0 saturated carbocycles. The van der Waals surface area contributed by atoms with Crippen LogP contribution in [0.3, 0.4) is 0 Å². The van der Waals surface area contributed by atoms with Crippen LogP contribution in [0, 0.1) is 13.8 Å². The first kappa shape index (κ1) is 17.5. The number of rotatable bonds is 3. The van der Waals surface area contributed by atoms with E-state index >= 15 is 0 Å². The number of aromatic nitrogens is 4. The smallest absolute Gasteiger partial charge is 0.264 e. The molecule has 27 heavy (non-hydrogen) atoms. The van der Waals surface area contributed by atoms with E-state index in [2.05, 4.69) is 16.1 Å². The molecule has 1 aromatic carbocycles. The minimum Gasteiger partial charge on any atom is -0.341 e. The van der Waals surface area contributed by atoms with Gasteiger partial charge in [0.25, 0.3) is 5.56 Å². The zero-order valence-corrected chi connectivity index (χ0v) is 15.7. The number of fused-ring (bicyclic) bond motifs is 1. The number of carbonyl (C=O) groups is 1. The summed E-state index contributed by atoms with van der Waals surface area (Å²) in [6.07, 6.45) is 6.20. The van der Waals surface area contributed by atoms with E-state index in [4.69, 9.17) is 0 Å². The molecule has 4 rings (SSSR count). The summed E-state index contributed by atoms with van der Waals surface area (Å²) in [7, 11) is 0. The van der Waals surface area contributed by atoms with Crippen LogP contribution in [0.1, 0.15) is 30.4 Å². The van der Waals surface area contributed by atoms with Gasteiger partial charge in [-0.15, -0.1) is 0 Å². The van der Waals surface area contributed by atoms with Gasteiger partial charge >= 0.3 is 0 Å². The van der Waals surface area contributed by atoms with E-state index in [-0.39, 0.29) is 18.0 Å². The number of nitrogens with zero attached hydrogens (tertiary/aromatic N) is 5.